The third-order valence-corrected chi connectivity index (χ3v) is 4.80. The van der Waals surface area contributed by atoms with Crippen molar-refractivity contribution in [1.29, 1.82) is 0 Å². The summed E-state index contributed by atoms with van der Waals surface area (Å²) in [6.07, 6.45) is 1.13. The smallest absolute Gasteiger partial charge is 0.0115 e. The number of hydrogen-bond donors (Lipinski definition) is 1. The van der Waals surface area contributed by atoms with E-state index in [9.17, 15) is 0 Å². The molecule has 0 aliphatic carbocycles. The third kappa shape index (κ3) is 4.99. The Morgan fingerprint density at radius 2 is 2.00 bits per heavy atom. The fourth-order valence-electron chi connectivity index (χ4n) is 2.49. The molecule has 0 amide bonds. The van der Waals surface area contributed by atoms with Crippen molar-refractivity contribution < 1.29 is 0 Å². The zero-order valence-corrected chi connectivity index (χ0v) is 13.5. The minimum atomic E-state index is 0. The van der Waals surface area contributed by atoms with Crippen molar-refractivity contribution in [1.82, 2.24) is 4.90 Å². The summed E-state index contributed by atoms with van der Waals surface area (Å²) >= 11 is 1.94. The molecule has 19 heavy (non-hydrogen) atoms. The van der Waals surface area contributed by atoms with Crippen LogP contribution >= 0.6 is 24.2 Å². The van der Waals surface area contributed by atoms with Gasteiger partial charge in [0.05, 0.1) is 0 Å². The van der Waals surface area contributed by atoms with Crippen LogP contribution in [-0.4, -0.2) is 36.3 Å². The maximum Gasteiger partial charge on any atom is 0.0115 e. The zero-order chi connectivity index (χ0) is 13.0. The SMILES string of the molecule is CC1(C)CN(CCSc2ccccc2)CCC1N.Cl. The van der Waals surface area contributed by atoms with Gasteiger partial charge in [-0.2, -0.15) is 0 Å². The van der Waals surface area contributed by atoms with E-state index in [0.717, 1.165) is 31.8 Å². The number of benzene rings is 1. The van der Waals surface area contributed by atoms with E-state index in [0.29, 0.717) is 6.04 Å². The Bertz CT molecular complexity index is 370. The van der Waals surface area contributed by atoms with Gasteiger partial charge in [0.1, 0.15) is 0 Å². The summed E-state index contributed by atoms with van der Waals surface area (Å²) < 4.78 is 0. The minimum absolute atomic E-state index is 0. The van der Waals surface area contributed by atoms with Gasteiger partial charge in [-0.05, 0) is 30.5 Å². The lowest BCUT2D eigenvalue weighted by atomic mass is 9.80. The van der Waals surface area contributed by atoms with Gasteiger partial charge < -0.3 is 10.6 Å². The van der Waals surface area contributed by atoms with Crippen LogP contribution in [-0.2, 0) is 0 Å². The first kappa shape index (κ1) is 16.8. The van der Waals surface area contributed by atoms with Gasteiger partial charge in [-0.25, -0.2) is 0 Å². The summed E-state index contributed by atoms with van der Waals surface area (Å²) in [5, 5.41) is 0. The van der Waals surface area contributed by atoms with E-state index < -0.39 is 0 Å². The first-order chi connectivity index (χ1) is 8.58. The van der Waals surface area contributed by atoms with E-state index in [4.69, 9.17) is 5.73 Å². The van der Waals surface area contributed by atoms with Crippen LogP contribution in [0.3, 0.4) is 0 Å². The molecule has 1 aliphatic rings. The topological polar surface area (TPSA) is 29.3 Å². The van der Waals surface area contributed by atoms with Crippen LogP contribution in [0.2, 0.25) is 0 Å². The zero-order valence-electron chi connectivity index (χ0n) is 11.8. The molecule has 2 rings (SSSR count). The standard InChI is InChI=1S/C15H24N2S.ClH/c1-15(2)12-17(9-8-14(15)16)10-11-18-13-6-4-3-5-7-13;/h3-7,14H,8-12,16H2,1-2H3;1H. The van der Waals surface area contributed by atoms with Crippen LogP contribution in [0.5, 0.6) is 0 Å². The average molecular weight is 301 g/mol. The molecule has 0 bridgehead atoms. The Labute approximate surface area is 127 Å². The highest BCUT2D eigenvalue weighted by molar-refractivity contribution is 7.99. The predicted molar refractivity (Wildman–Crippen MR) is 87.2 cm³/mol. The van der Waals surface area contributed by atoms with Crippen molar-refractivity contribution in [2.75, 3.05) is 25.4 Å². The highest BCUT2D eigenvalue weighted by Gasteiger charge is 2.32. The van der Waals surface area contributed by atoms with Crippen molar-refractivity contribution in [2.45, 2.75) is 31.2 Å². The number of piperidine rings is 1. The van der Waals surface area contributed by atoms with Crippen LogP contribution in [0.1, 0.15) is 20.3 Å². The molecule has 1 atom stereocenters. The maximum absolute atomic E-state index is 6.16. The van der Waals surface area contributed by atoms with Gasteiger partial charge in [0.15, 0.2) is 0 Å². The van der Waals surface area contributed by atoms with Gasteiger partial charge in [0.25, 0.3) is 0 Å². The predicted octanol–water partition coefficient (Wildman–Crippen LogP) is 3.26. The molecule has 1 aromatic rings. The van der Waals surface area contributed by atoms with Crippen molar-refractivity contribution in [3.8, 4) is 0 Å². The van der Waals surface area contributed by atoms with Gasteiger partial charge in [-0.3, -0.25) is 0 Å². The number of halogens is 1. The summed E-state index contributed by atoms with van der Waals surface area (Å²) in [6.45, 7) is 8.02. The Hall–Kier alpha value is -0.220. The second kappa shape index (κ2) is 7.53. The largest absolute Gasteiger partial charge is 0.327 e. The number of nitrogens with two attached hydrogens (primary N) is 1. The van der Waals surface area contributed by atoms with E-state index in [1.165, 1.54) is 4.90 Å². The second-order valence-electron chi connectivity index (χ2n) is 5.82. The molecule has 1 aliphatic heterocycles. The molecule has 1 saturated heterocycles. The molecule has 108 valence electrons. The van der Waals surface area contributed by atoms with Crippen molar-refractivity contribution >= 4 is 24.2 Å². The molecule has 0 spiro atoms. The van der Waals surface area contributed by atoms with E-state index in [1.807, 2.05) is 11.8 Å². The number of nitrogens with zero attached hydrogens (tertiary/aromatic N) is 1. The van der Waals surface area contributed by atoms with Gasteiger partial charge in [-0.15, -0.1) is 24.2 Å². The molecule has 1 unspecified atom stereocenters. The lowest BCUT2D eigenvalue weighted by Crippen LogP contribution is -2.52. The molecular formula is C15H25ClN2S. The summed E-state index contributed by atoms with van der Waals surface area (Å²) in [5.74, 6) is 1.16. The fraction of sp³-hybridized carbons (Fsp3) is 0.600. The molecule has 1 heterocycles. The highest BCUT2D eigenvalue weighted by atomic mass is 35.5. The number of thioether (sulfide) groups is 1. The quantitative estimate of drug-likeness (QED) is 0.866. The summed E-state index contributed by atoms with van der Waals surface area (Å²) in [7, 11) is 0. The highest BCUT2D eigenvalue weighted by Crippen LogP contribution is 2.28. The lowest BCUT2D eigenvalue weighted by Gasteiger charge is -2.42. The molecule has 0 radical (unpaired) electrons. The van der Waals surface area contributed by atoms with Crippen molar-refractivity contribution in [2.24, 2.45) is 11.1 Å². The Balaban J connectivity index is 0.00000180. The average Bonchev–Trinajstić information content (AvgIpc) is 2.35. The van der Waals surface area contributed by atoms with Crippen LogP contribution in [0.25, 0.3) is 0 Å². The Morgan fingerprint density at radius 3 is 2.63 bits per heavy atom. The minimum Gasteiger partial charge on any atom is -0.327 e. The summed E-state index contributed by atoms with van der Waals surface area (Å²) in [6, 6.07) is 11.0. The number of hydrogen-bond acceptors (Lipinski definition) is 3. The molecule has 0 aromatic heterocycles. The lowest BCUT2D eigenvalue weighted by molar-refractivity contribution is 0.101. The van der Waals surface area contributed by atoms with E-state index >= 15 is 0 Å². The van der Waals surface area contributed by atoms with E-state index in [1.54, 1.807) is 0 Å². The normalized spacial score (nSPS) is 22.8. The number of rotatable bonds is 4. The molecule has 0 saturated carbocycles. The van der Waals surface area contributed by atoms with Crippen LogP contribution in [0, 0.1) is 5.41 Å². The maximum atomic E-state index is 6.16. The van der Waals surface area contributed by atoms with Gasteiger partial charge in [-0.1, -0.05) is 32.0 Å². The summed E-state index contributed by atoms with van der Waals surface area (Å²) in [4.78, 5) is 3.92. The van der Waals surface area contributed by atoms with Gasteiger partial charge in [0, 0.05) is 29.8 Å². The molecule has 2 nitrogen and oxygen atoms in total. The molecule has 1 aromatic carbocycles. The first-order valence-corrected chi connectivity index (χ1v) is 7.72. The van der Waals surface area contributed by atoms with Gasteiger partial charge >= 0.3 is 0 Å². The molecular weight excluding hydrogens is 276 g/mol. The van der Waals surface area contributed by atoms with E-state index in [-0.39, 0.29) is 17.8 Å². The third-order valence-electron chi connectivity index (χ3n) is 3.81. The fourth-order valence-corrected chi connectivity index (χ4v) is 3.42. The van der Waals surface area contributed by atoms with E-state index in [2.05, 4.69) is 49.1 Å². The van der Waals surface area contributed by atoms with Crippen LogP contribution < -0.4 is 5.73 Å². The Kier molecular flexibility index (Phi) is 6.67. The summed E-state index contributed by atoms with van der Waals surface area (Å²) in [5.41, 5.74) is 6.42. The number of likely N-dealkylation sites (tertiary alicyclic amines) is 1. The van der Waals surface area contributed by atoms with Gasteiger partial charge in [0.2, 0.25) is 0 Å². The first-order valence-electron chi connectivity index (χ1n) is 6.74. The van der Waals surface area contributed by atoms with Crippen molar-refractivity contribution in [3.05, 3.63) is 30.3 Å². The van der Waals surface area contributed by atoms with Crippen molar-refractivity contribution in [3.63, 3.8) is 0 Å². The second-order valence-corrected chi connectivity index (χ2v) is 6.99. The van der Waals surface area contributed by atoms with Crippen LogP contribution in [0.4, 0.5) is 0 Å². The molecule has 2 N–H and O–H groups in total. The van der Waals surface area contributed by atoms with Crippen LogP contribution in [0.15, 0.2) is 35.2 Å². The Morgan fingerprint density at radius 1 is 1.32 bits per heavy atom. The molecule has 1 fully saturated rings. The monoisotopic (exact) mass is 300 g/mol. The molecule has 4 heteroatoms.